The average Bonchev–Trinajstić information content (AvgIpc) is 3.35. The largest absolute Gasteiger partial charge is 0.344 e. The lowest BCUT2D eigenvalue weighted by molar-refractivity contribution is -0.130. The summed E-state index contributed by atoms with van der Waals surface area (Å²) in [5, 5.41) is 5.69. The summed E-state index contributed by atoms with van der Waals surface area (Å²) >= 11 is 1.69. The number of thiazole rings is 1. The van der Waals surface area contributed by atoms with Crippen LogP contribution in [0.15, 0.2) is 54.6 Å². The van der Waals surface area contributed by atoms with Gasteiger partial charge >= 0.3 is 0 Å². The summed E-state index contributed by atoms with van der Waals surface area (Å²) < 4.78 is 3.04. The van der Waals surface area contributed by atoms with E-state index in [4.69, 9.17) is 4.98 Å². The molecule has 4 aromatic rings. The molecule has 1 fully saturated rings. The van der Waals surface area contributed by atoms with Crippen LogP contribution in [-0.2, 0) is 11.2 Å². The zero-order chi connectivity index (χ0) is 21.4. The van der Waals surface area contributed by atoms with Crippen molar-refractivity contribution >= 4 is 32.7 Å². The van der Waals surface area contributed by atoms with E-state index in [1.807, 2.05) is 59.0 Å². The Morgan fingerprint density at radius 3 is 2.52 bits per heavy atom. The first-order valence-electron chi connectivity index (χ1n) is 10.6. The molecule has 0 aliphatic carbocycles. The lowest BCUT2D eigenvalue weighted by Crippen LogP contribution is -2.49. The molecule has 5 rings (SSSR count). The fourth-order valence-electron chi connectivity index (χ4n) is 4.06. The van der Waals surface area contributed by atoms with Gasteiger partial charge in [-0.15, -0.1) is 0 Å². The lowest BCUT2D eigenvalue weighted by atomic mass is 10.1. The Bertz CT molecular complexity index is 1220. The summed E-state index contributed by atoms with van der Waals surface area (Å²) in [4.78, 5) is 21.9. The predicted molar refractivity (Wildman–Crippen MR) is 125 cm³/mol. The topological polar surface area (TPSA) is 54.3 Å². The van der Waals surface area contributed by atoms with Crippen molar-refractivity contribution in [1.29, 1.82) is 0 Å². The van der Waals surface area contributed by atoms with Gasteiger partial charge in [0.2, 0.25) is 5.91 Å². The molecular formula is C24H25N5OS. The van der Waals surface area contributed by atoms with Crippen molar-refractivity contribution < 1.29 is 4.79 Å². The summed E-state index contributed by atoms with van der Waals surface area (Å²) in [6.45, 7) is 7.14. The third-order valence-electron chi connectivity index (χ3n) is 5.72. The monoisotopic (exact) mass is 431 g/mol. The molecule has 2 aromatic carbocycles. The van der Waals surface area contributed by atoms with Crippen molar-refractivity contribution in [3.05, 3.63) is 71.4 Å². The van der Waals surface area contributed by atoms with Gasteiger partial charge in [-0.2, -0.15) is 10.1 Å². The third-order valence-corrected chi connectivity index (χ3v) is 6.93. The van der Waals surface area contributed by atoms with Crippen LogP contribution in [0.3, 0.4) is 0 Å². The molecule has 0 saturated carbocycles. The number of hydrogen-bond acceptors (Lipinski definition) is 5. The Balaban J connectivity index is 1.29. The number of nitrogens with zero attached hydrogens (tertiary/aromatic N) is 5. The van der Waals surface area contributed by atoms with Crippen LogP contribution in [0.4, 0.5) is 5.13 Å². The summed E-state index contributed by atoms with van der Waals surface area (Å²) in [6, 6.07) is 18.3. The van der Waals surface area contributed by atoms with Crippen molar-refractivity contribution in [2.75, 3.05) is 31.1 Å². The Hall–Kier alpha value is -3.19. The van der Waals surface area contributed by atoms with Gasteiger partial charge in [0.15, 0.2) is 10.8 Å². The van der Waals surface area contributed by atoms with E-state index in [0.717, 1.165) is 58.6 Å². The number of rotatable bonds is 4. The van der Waals surface area contributed by atoms with Crippen molar-refractivity contribution in [2.24, 2.45) is 0 Å². The molecule has 0 N–H and O–H groups in total. The van der Waals surface area contributed by atoms with Crippen LogP contribution in [0, 0.1) is 13.8 Å². The number of carbonyl (C=O) groups excluding carboxylic acids is 1. The average molecular weight is 432 g/mol. The van der Waals surface area contributed by atoms with E-state index in [-0.39, 0.29) is 5.91 Å². The SMILES string of the molecule is Cc1cccc(CC(=O)N2CCN(c3nc4c(s3)c(C)nn4-c3ccccc3)CC2)c1. The molecule has 3 heterocycles. The van der Waals surface area contributed by atoms with Gasteiger partial charge in [-0.1, -0.05) is 59.4 Å². The number of amides is 1. The van der Waals surface area contributed by atoms with Crippen LogP contribution >= 0.6 is 11.3 Å². The van der Waals surface area contributed by atoms with Gasteiger partial charge in [-0.05, 0) is 31.5 Å². The number of benzene rings is 2. The Kier molecular flexibility index (Phi) is 5.19. The molecule has 0 bridgehead atoms. The minimum Gasteiger partial charge on any atom is -0.344 e. The van der Waals surface area contributed by atoms with E-state index < -0.39 is 0 Å². The van der Waals surface area contributed by atoms with E-state index in [9.17, 15) is 4.79 Å². The zero-order valence-corrected chi connectivity index (χ0v) is 18.6. The van der Waals surface area contributed by atoms with Crippen molar-refractivity contribution in [2.45, 2.75) is 20.3 Å². The zero-order valence-electron chi connectivity index (χ0n) is 17.8. The van der Waals surface area contributed by atoms with Crippen LogP contribution in [0.5, 0.6) is 0 Å². The predicted octanol–water partition coefficient (Wildman–Crippen LogP) is 3.99. The second kappa shape index (κ2) is 8.15. The normalized spacial score (nSPS) is 14.4. The Morgan fingerprint density at radius 1 is 1.00 bits per heavy atom. The molecular weight excluding hydrogens is 406 g/mol. The minimum atomic E-state index is 0.199. The van der Waals surface area contributed by atoms with E-state index in [2.05, 4.69) is 29.1 Å². The van der Waals surface area contributed by atoms with Crippen LogP contribution < -0.4 is 4.90 Å². The second-order valence-corrected chi connectivity index (χ2v) is 8.99. The van der Waals surface area contributed by atoms with Crippen LogP contribution in [0.1, 0.15) is 16.8 Å². The van der Waals surface area contributed by atoms with E-state index in [1.54, 1.807) is 11.3 Å². The van der Waals surface area contributed by atoms with Crippen LogP contribution in [-0.4, -0.2) is 51.8 Å². The summed E-state index contributed by atoms with van der Waals surface area (Å²) in [5.74, 6) is 0.199. The number of carbonyl (C=O) groups is 1. The highest BCUT2D eigenvalue weighted by atomic mass is 32.1. The first-order chi connectivity index (χ1) is 15.1. The van der Waals surface area contributed by atoms with Crippen LogP contribution in [0.25, 0.3) is 16.0 Å². The molecule has 0 spiro atoms. The van der Waals surface area contributed by atoms with E-state index in [0.29, 0.717) is 6.42 Å². The first kappa shape index (κ1) is 19.8. The molecule has 31 heavy (non-hydrogen) atoms. The Labute approximate surface area is 185 Å². The lowest BCUT2D eigenvalue weighted by Gasteiger charge is -2.34. The third kappa shape index (κ3) is 3.93. The molecule has 0 unspecified atom stereocenters. The highest BCUT2D eigenvalue weighted by Gasteiger charge is 2.24. The molecule has 6 nitrogen and oxygen atoms in total. The first-order valence-corrected chi connectivity index (χ1v) is 11.4. The maximum atomic E-state index is 12.8. The van der Waals surface area contributed by atoms with Gasteiger partial charge in [-0.3, -0.25) is 4.79 Å². The highest BCUT2D eigenvalue weighted by molar-refractivity contribution is 7.22. The number of hydrogen-bond donors (Lipinski definition) is 0. The number of fused-ring (bicyclic) bond motifs is 1. The maximum Gasteiger partial charge on any atom is 0.227 e. The molecule has 158 valence electrons. The minimum absolute atomic E-state index is 0.199. The molecule has 0 atom stereocenters. The fourth-order valence-corrected chi connectivity index (χ4v) is 5.10. The number of anilines is 1. The van der Waals surface area contributed by atoms with Crippen molar-refractivity contribution in [3.63, 3.8) is 0 Å². The number of aromatic nitrogens is 3. The summed E-state index contributed by atoms with van der Waals surface area (Å²) in [5.41, 5.74) is 5.19. The van der Waals surface area contributed by atoms with Crippen molar-refractivity contribution in [1.82, 2.24) is 19.7 Å². The van der Waals surface area contributed by atoms with Gasteiger partial charge in [0.05, 0.1) is 22.5 Å². The molecule has 1 aliphatic rings. The van der Waals surface area contributed by atoms with Gasteiger partial charge < -0.3 is 9.80 Å². The molecule has 1 amide bonds. The van der Waals surface area contributed by atoms with E-state index in [1.165, 1.54) is 5.56 Å². The fraction of sp³-hybridized carbons (Fsp3) is 0.292. The van der Waals surface area contributed by atoms with Gasteiger partial charge in [-0.25, -0.2) is 4.68 Å². The van der Waals surface area contributed by atoms with Gasteiger partial charge in [0.25, 0.3) is 0 Å². The maximum absolute atomic E-state index is 12.8. The quantitative estimate of drug-likeness (QED) is 0.490. The molecule has 7 heteroatoms. The molecule has 1 aliphatic heterocycles. The summed E-state index contributed by atoms with van der Waals surface area (Å²) in [7, 11) is 0. The van der Waals surface area contributed by atoms with E-state index >= 15 is 0 Å². The molecule has 1 saturated heterocycles. The number of piperazine rings is 1. The Morgan fingerprint density at radius 2 is 1.77 bits per heavy atom. The highest BCUT2D eigenvalue weighted by Crippen LogP contribution is 2.33. The number of aryl methyl sites for hydroxylation is 2. The molecule has 0 radical (unpaired) electrons. The summed E-state index contributed by atoms with van der Waals surface area (Å²) in [6.07, 6.45) is 0.467. The second-order valence-electron chi connectivity index (χ2n) is 8.02. The standard InChI is InChI=1S/C24H25N5OS/c1-17-7-6-8-19(15-17)16-21(30)27-11-13-28(14-12-27)24-25-23-22(31-24)18(2)26-29(23)20-9-4-3-5-10-20/h3-10,15H,11-14,16H2,1-2H3. The van der Waals surface area contributed by atoms with Gasteiger partial charge in [0, 0.05) is 26.2 Å². The van der Waals surface area contributed by atoms with Crippen LogP contribution in [0.2, 0.25) is 0 Å². The van der Waals surface area contributed by atoms with Gasteiger partial charge in [0.1, 0.15) is 0 Å². The number of para-hydroxylation sites is 1. The smallest absolute Gasteiger partial charge is 0.227 e. The van der Waals surface area contributed by atoms with Crippen molar-refractivity contribution in [3.8, 4) is 5.69 Å². The molecule has 2 aromatic heterocycles.